The van der Waals surface area contributed by atoms with Crippen molar-refractivity contribution in [3.8, 4) is 0 Å². The molecular formula is C16H24ClN3O2. The van der Waals surface area contributed by atoms with Gasteiger partial charge in [0.1, 0.15) is 5.15 Å². The maximum atomic E-state index is 12.6. The Morgan fingerprint density at radius 2 is 2.23 bits per heavy atom. The number of aryl methyl sites for hydroxylation is 2. The zero-order chi connectivity index (χ0) is 15.7. The van der Waals surface area contributed by atoms with Crippen molar-refractivity contribution in [3.05, 3.63) is 16.4 Å². The number of amides is 1. The van der Waals surface area contributed by atoms with E-state index in [0.29, 0.717) is 11.6 Å². The van der Waals surface area contributed by atoms with E-state index in [1.165, 1.54) is 0 Å². The van der Waals surface area contributed by atoms with Gasteiger partial charge in [0.25, 0.3) is 0 Å². The van der Waals surface area contributed by atoms with Gasteiger partial charge in [0.05, 0.1) is 17.8 Å². The van der Waals surface area contributed by atoms with Crippen LogP contribution in [0.25, 0.3) is 0 Å². The van der Waals surface area contributed by atoms with Crippen molar-refractivity contribution < 1.29 is 9.53 Å². The van der Waals surface area contributed by atoms with Crippen LogP contribution in [0.5, 0.6) is 0 Å². The molecule has 0 saturated carbocycles. The maximum Gasteiger partial charge on any atom is 0.223 e. The quantitative estimate of drug-likeness (QED) is 0.855. The van der Waals surface area contributed by atoms with Crippen LogP contribution < -0.4 is 0 Å². The fourth-order valence-electron chi connectivity index (χ4n) is 3.69. The van der Waals surface area contributed by atoms with Crippen molar-refractivity contribution in [3.63, 3.8) is 0 Å². The highest BCUT2D eigenvalue weighted by molar-refractivity contribution is 6.30. The van der Waals surface area contributed by atoms with Crippen molar-refractivity contribution in [1.29, 1.82) is 0 Å². The number of carbonyl (C=O) groups is 1. The van der Waals surface area contributed by atoms with Crippen LogP contribution in [0, 0.1) is 6.92 Å². The molecule has 0 aliphatic carbocycles. The topological polar surface area (TPSA) is 47.4 Å². The zero-order valence-corrected chi connectivity index (χ0v) is 14.1. The first-order chi connectivity index (χ1) is 10.6. The molecule has 3 heterocycles. The summed E-state index contributed by atoms with van der Waals surface area (Å²) in [5.41, 5.74) is 1.95. The third-order valence-corrected chi connectivity index (χ3v) is 5.25. The fraction of sp³-hybridized carbons (Fsp3) is 0.750. The highest BCUT2D eigenvalue weighted by Crippen LogP contribution is 2.38. The van der Waals surface area contributed by atoms with Gasteiger partial charge < -0.3 is 9.64 Å². The predicted octanol–water partition coefficient (Wildman–Crippen LogP) is 3.00. The molecule has 0 radical (unpaired) electrons. The molecule has 3 rings (SSSR count). The number of hydrogen-bond acceptors (Lipinski definition) is 3. The number of rotatable bonds is 4. The number of halogens is 1. The van der Waals surface area contributed by atoms with E-state index in [4.69, 9.17) is 16.3 Å². The largest absolute Gasteiger partial charge is 0.378 e. The minimum absolute atomic E-state index is 0.0817. The lowest BCUT2D eigenvalue weighted by atomic mass is 10.0. The molecule has 0 aromatic carbocycles. The third-order valence-electron chi connectivity index (χ3n) is 4.81. The van der Waals surface area contributed by atoms with E-state index in [9.17, 15) is 4.79 Å². The van der Waals surface area contributed by atoms with E-state index < -0.39 is 0 Å². The van der Waals surface area contributed by atoms with Gasteiger partial charge in [0.2, 0.25) is 5.91 Å². The van der Waals surface area contributed by atoms with Crippen molar-refractivity contribution in [2.24, 2.45) is 7.05 Å². The Bertz CT molecular complexity index is 552. The van der Waals surface area contributed by atoms with Gasteiger partial charge in [0, 0.05) is 32.2 Å². The average Bonchev–Trinajstić information content (AvgIpc) is 3.19. The van der Waals surface area contributed by atoms with Crippen LogP contribution in [-0.2, 0) is 16.6 Å². The molecule has 2 saturated heterocycles. The summed E-state index contributed by atoms with van der Waals surface area (Å²) in [6.45, 7) is 3.63. The Morgan fingerprint density at radius 3 is 2.86 bits per heavy atom. The Balaban J connectivity index is 1.68. The highest BCUT2D eigenvalue weighted by atomic mass is 35.5. The third kappa shape index (κ3) is 3.01. The SMILES string of the molecule is Cc1nn(C)c(Cl)c1[C@H]1CCCN1C(=O)CC[C@H]1CCCO1. The molecule has 1 aromatic rings. The van der Waals surface area contributed by atoms with Crippen LogP contribution in [0.4, 0.5) is 0 Å². The number of likely N-dealkylation sites (tertiary alicyclic amines) is 1. The molecule has 1 amide bonds. The highest BCUT2D eigenvalue weighted by Gasteiger charge is 2.34. The van der Waals surface area contributed by atoms with Gasteiger partial charge >= 0.3 is 0 Å². The first-order valence-corrected chi connectivity index (χ1v) is 8.55. The molecule has 122 valence electrons. The van der Waals surface area contributed by atoms with Crippen LogP contribution in [0.3, 0.4) is 0 Å². The zero-order valence-electron chi connectivity index (χ0n) is 13.3. The molecular weight excluding hydrogens is 302 g/mol. The fourth-order valence-corrected chi connectivity index (χ4v) is 3.99. The van der Waals surface area contributed by atoms with Crippen LogP contribution in [0.2, 0.25) is 5.15 Å². The van der Waals surface area contributed by atoms with E-state index in [0.717, 1.165) is 56.5 Å². The summed E-state index contributed by atoms with van der Waals surface area (Å²) in [6.07, 6.45) is 5.88. The summed E-state index contributed by atoms with van der Waals surface area (Å²) in [4.78, 5) is 14.6. The van der Waals surface area contributed by atoms with E-state index in [2.05, 4.69) is 5.10 Å². The molecule has 22 heavy (non-hydrogen) atoms. The lowest BCUT2D eigenvalue weighted by molar-refractivity contribution is -0.132. The summed E-state index contributed by atoms with van der Waals surface area (Å²) in [7, 11) is 1.84. The van der Waals surface area contributed by atoms with Gasteiger partial charge in [-0.25, -0.2) is 0 Å². The number of ether oxygens (including phenoxy) is 1. The Morgan fingerprint density at radius 1 is 1.41 bits per heavy atom. The van der Waals surface area contributed by atoms with E-state index in [1.807, 2.05) is 18.9 Å². The van der Waals surface area contributed by atoms with Crippen LogP contribution >= 0.6 is 11.6 Å². The predicted molar refractivity (Wildman–Crippen MR) is 84.9 cm³/mol. The Hall–Kier alpha value is -1.07. The Labute approximate surface area is 136 Å². The summed E-state index contributed by atoms with van der Waals surface area (Å²) in [6, 6.07) is 0.0817. The molecule has 0 spiro atoms. The molecule has 5 nitrogen and oxygen atoms in total. The van der Waals surface area contributed by atoms with Gasteiger partial charge in [-0.05, 0) is 39.0 Å². The van der Waals surface area contributed by atoms with Crippen LogP contribution in [0.1, 0.15) is 55.8 Å². The van der Waals surface area contributed by atoms with Gasteiger partial charge in [-0.15, -0.1) is 0 Å². The lowest BCUT2D eigenvalue weighted by Crippen LogP contribution is -2.31. The first kappa shape index (κ1) is 15.8. The standard InChI is InChI=1S/C16H24ClN3O2/c1-11-15(16(17)19(2)18-11)13-6-3-9-20(13)14(21)8-7-12-5-4-10-22-12/h12-13H,3-10H2,1-2H3/t12-,13-/m1/s1. The maximum absolute atomic E-state index is 12.6. The van der Waals surface area contributed by atoms with Crippen molar-refractivity contribution in [1.82, 2.24) is 14.7 Å². The van der Waals surface area contributed by atoms with Crippen molar-refractivity contribution >= 4 is 17.5 Å². The van der Waals surface area contributed by atoms with E-state index >= 15 is 0 Å². The van der Waals surface area contributed by atoms with Crippen LogP contribution in [0.15, 0.2) is 0 Å². The summed E-state index contributed by atoms with van der Waals surface area (Å²) >= 11 is 6.39. The van der Waals surface area contributed by atoms with Gasteiger partial charge in [-0.3, -0.25) is 9.48 Å². The van der Waals surface area contributed by atoms with Crippen molar-refractivity contribution in [2.75, 3.05) is 13.2 Å². The molecule has 2 aliphatic rings. The molecule has 1 aromatic heterocycles. The molecule has 6 heteroatoms. The number of nitrogens with zero attached hydrogens (tertiary/aromatic N) is 3. The number of carbonyl (C=O) groups excluding carboxylic acids is 1. The smallest absolute Gasteiger partial charge is 0.223 e. The molecule has 0 unspecified atom stereocenters. The second kappa shape index (κ2) is 6.59. The van der Waals surface area contributed by atoms with Gasteiger partial charge in [-0.2, -0.15) is 5.10 Å². The molecule has 2 fully saturated rings. The van der Waals surface area contributed by atoms with E-state index in [1.54, 1.807) is 4.68 Å². The monoisotopic (exact) mass is 325 g/mol. The first-order valence-electron chi connectivity index (χ1n) is 8.18. The Kier molecular flexibility index (Phi) is 4.73. The summed E-state index contributed by atoms with van der Waals surface area (Å²) < 4.78 is 7.31. The molecule has 0 bridgehead atoms. The van der Waals surface area contributed by atoms with E-state index in [-0.39, 0.29) is 18.1 Å². The molecule has 2 atom stereocenters. The minimum Gasteiger partial charge on any atom is -0.378 e. The van der Waals surface area contributed by atoms with Gasteiger partial charge in [-0.1, -0.05) is 11.6 Å². The lowest BCUT2D eigenvalue weighted by Gasteiger charge is -2.25. The minimum atomic E-state index is 0.0817. The molecule has 2 aliphatic heterocycles. The number of aromatic nitrogens is 2. The van der Waals surface area contributed by atoms with Crippen molar-refractivity contribution in [2.45, 2.75) is 57.6 Å². The normalized spacial score (nSPS) is 25.1. The second-order valence-corrected chi connectivity index (χ2v) is 6.69. The summed E-state index contributed by atoms with van der Waals surface area (Å²) in [5.74, 6) is 0.220. The van der Waals surface area contributed by atoms with Gasteiger partial charge in [0.15, 0.2) is 0 Å². The second-order valence-electron chi connectivity index (χ2n) is 6.33. The average molecular weight is 326 g/mol. The summed E-state index contributed by atoms with van der Waals surface area (Å²) in [5, 5.41) is 5.04. The van der Waals surface area contributed by atoms with Crippen LogP contribution in [-0.4, -0.2) is 39.8 Å². The number of hydrogen-bond donors (Lipinski definition) is 0. The molecule has 0 N–H and O–H groups in total.